The lowest BCUT2D eigenvalue weighted by Gasteiger charge is -2.02. The Kier molecular flexibility index (Phi) is 3.32. The molecule has 0 aliphatic rings. The lowest BCUT2D eigenvalue weighted by molar-refractivity contribution is -0.139. The monoisotopic (exact) mass is 247 g/mol. The Morgan fingerprint density at radius 3 is 2.56 bits per heavy atom. The second-order valence-corrected chi connectivity index (χ2v) is 3.77. The Bertz CT molecular complexity index is 600. The number of nitrogens with one attached hydrogen (secondary N) is 1. The predicted molar refractivity (Wildman–Crippen MR) is 65.4 cm³/mol. The minimum Gasteiger partial charge on any atom is -0.469 e. The summed E-state index contributed by atoms with van der Waals surface area (Å²) in [4.78, 5) is 26.0. The van der Waals surface area contributed by atoms with Crippen LogP contribution in [0.3, 0.4) is 0 Å². The van der Waals surface area contributed by atoms with Crippen LogP contribution in [0.1, 0.15) is 16.1 Å². The Balaban J connectivity index is 2.57. The lowest BCUT2D eigenvalue weighted by atomic mass is 10.1. The number of fused-ring (bicyclic) bond motifs is 1. The van der Waals surface area contributed by atoms with E-state index in [0.29, 0.717) is 11.3 Å². The molecule has 0 fully saturated rings. The molecule has 0 radical (unpaired) electrons. The molecule has 0 bridgehead atoms. The van der Waals surface area contributed by atoms with Crippen molar-refractivity contribution in [3.63, 3.8) is 0 Å². The largest absolute Gasteiger partial charge is 0.469 e. The maximum atomic E-state index is 11.7. The summed E-state index contributed by atoms with van der Waals surface area (Å²) in [5, 5.41) is 0.823. The first kappa shape index (κ1) is 12.2. The van der Waals surface area contributed by atoms with E-state index >= 15 is 0 Å². The first-order valence-electron chi connectivity index (χ1n) is 5.42. The van der Waals surface area contributed by atoms with Gasteiger partial charge < -0.3 is 14.5 Å². The van der Waals surface area contributed by atoms with Gasteiger partial charge in [0, 0.05) is 16.5 Å². The average molecular weight is 247 g/mol. The molecular weight excluding hydrogens is 234 g/mol. The van der Waals surface area contributed by atoms with E-state index in [0.717, 1.165) is 10.9 Å². The maximum Gasteiger partial charge on any atom is 0.354 e. The molecule has 18 heavy (non-hydrogen) atoms. The van der Waals surface area contributed by atoms with Crippen LogP contribution in [0.2, 0.25) is 0 Å². The van der Waals surface area contributed by atoms with Gasteiger partial charge in [0.1, 0.15) is 5.69 Å². The molecule has 2 aromatic rings. The molecule has 0 saturated carbocycles. The topological polar surface area (TPSA) is 68.4 Å². The number of esters is 2. The second-order valence-electron chi connectivity index (χ2n) is 3.77. The van der Waals surface area contributed by atoms with Crippen molar-refractivity contribution in [3.8, 4) is 0 Å². The number of carbonyl (C=O) groups is 2. The van der Waals surface area contributed by atoms with Gasteiger partial charge in [0.15, 0.2) is 0 Å². The minimum atomic E-state index is -0.495. The summed E-state index contributed by atoms with van der Waals surface area (Å²) in [5.41, 5.74) is 1.69. The minimum absolute atomic E-state index is 0.0327. The number of H-pyrrole nitrogens is 1. The van der Waals surface area contributed by atoms with E-state index < -0.39 is 11.9 Å². The Hall–Kier alpha value is -2.30. The lowest BCUT2D eigenvalue weighted by Crippen LogP contribution is -2.10. The van der Waals surface area contributed by atoms with Crippen molar-refractivity contribution >= 4 is 22.8 Å². The van der Waals surface area contributed by atoms with Gasteiger partial charge >= 0.3 is 11.9 Å². The summed E-state index contributed by atoms with van der Waals surface area (Å²) in [5.74, 6) is -0.894. The van der Waals surface area contributed by atoms with E-state index in [1.165, 1.54) is 14.2 Å². The van der Waals surface area contributed by atoms with Gasteiger partial charge in [-0.15, -0.1) is 0 Å². The molecule has 0 aliphatic heterocycles. The quantitative estimate of drug-likeness (QED) is 0.838. The van der Waals surface area contributed by atoms with Crippen LogP contribution in [0.5, 0.6) is 0 Å². The van der Waals surface area contributed by atoms with Crippen molar-refractivity contribution in [2.24, 2.45) is 0 Å². The van der Waals surface area contributed by atoms with E-state index in [2.05, 4.69) is 9.72 Å². The molecule has 0 unspecified atom stereocenters. The molecule has 1 heterocycles. The number of para-hydroxylation sites is 1. The summed E-state index contributed by atoms with van der Waals surface area (Å²) in [7, 11) is 2.62. The van der Waals surface area contributed by atoms with Gasteiger partial charge in [0.2, 0.25) is 0 Å². The second kappa shape index (κ2) is 4.91. The molecule has 5 heteroatoms. The summed E-state index contributed by atoms with van der Waals surface area (Å²) in [6, 6.07) is 7.37. The van der Waals surface area contributed by atoms with Crippen molar-refractivity contribution in [2.45, 2.75) is 6.42 Å². The van der Waals surface area contributed by atoms with Gasteiger partial charge in [-0.05, 0) is 6.07 Å². The van der Waals surface area contributed by atoms with E-state index in [4.69, 9.17) is 4.74 Å². The summed E-state index contributed by atoms with van der Waals surface area (Å²) in [6.45, 7) is 0. The highest BCUT2D eigenvalue weighted by Crippen LogP contribution is 2.23. The van der Waals surface area contributed by atoms with Crippen LogP contribution in [-0.2, 0) is 20.7 Å². The molecule has 2 rings (SSSR count). The van der Waals surface area contributed by atoms with Crippen LogP contribution < -0.4 is 0 Å². The highest BCUT2D eigenvalue weighted by Gasteiger charge is 2.20. The van der Waals surface area contributed by atoms with Gasteiger partial charge in [0.05, 0.1) is 20.6 Å². The molecule has 0 spiro atoms. The van der Waals surface area contributed by atoms with Crippen LogP contribution >= 0.6 is 0 Å². The van der Waals surface area contributed by atoms with Crippen LogP contribution in [0.15, 0.2) is 24.3 Å². The first-order valence-corrected chi connectivity index (χ1v) is 5.42. The SMILES string of the molecule is COC(=O)Cc1c(C(=O)OC)[nH]c2ccccc12. The summed E-state index contributed by atoms with van der Waals surface area (Å²) >= 11 is 0. The highest BCUT2D eigenvalue weighted by molar-refractivity contribution is 6.00. The first-order chi connectivity index (χ1) is 8.67. The number of methoxy groups -OCH3 is 2. The number of hydrogen-bond donors (Lipinski definition) is 1. The smallest absolute Gasteiger partial charge is 0.354 e. The van der Waals surface area contributed by atoms with Gasteiger partial charge in [-0.2, -0.15) is 0 Å². The van der Waals surface area contributed by atoms with Crippen LogP contribution in [0.25, 0.3) is 10.9 Å². The van der Waals surface area contributed by atoms with E-state index in [-0.39, 0.29) is 6.42 Å². The third-order valence-corrected chi connectivity index (χ3v) is 2.75. The van der Waals surface area contributed by atoms with E-state index in [1.54, 1.807) is 0 Å². The molecular formula is C13H13NO4. The van der Waals surface area contributed by atoms with Crippen molar-refractivity contribution in [1.82, 2.24) is 4.98 Å². The Morgan fingerprint density at radius 2 is 1.89 bits per heavy atom. The van der Waals surface area contributed by atoms with Crippen molar-refractivity contribution < 1.29 is 19.1 Å². The average Bonchev–Trinajstić information content (AvgIpc) is 2.77. The van der Waals surface area contributed by atoms with Crippen molar-refractivity contribution in [2.75, 3.05) is 14.2 Å². The highest BCUT2D eigenvalue weighted by atomic mass is 16.5. The molecule has 1 aromatic carbocycles. The van der Waals surface area contributed by atoms with Gasteiger partial charge in [-0.1, -0.05) is 18.2 Å². The fourth-order valence-corrected chi connectivity index (χ4v) is 1.88. The maximum absolute atomic E-state index is 11.7. The van der Waals surface area contributed by atoms with Gasteiger partial charge in [-0.25, -0.2) is 4.79 Å². The number of carbonyl (C=O) groups excluding carboxylic acids is 2. The number of benzene rings is 1. The molecule has 5 nitrogen and oxygen atoms in total. The Labute approximate surface area is 104 Å². The zero-order valence-corrected chi connectivity index (χ0v) is 10.1. The molecule has 0 aliphatic carbocycles. The van der Waals surface area contributed by atoms with Gasteiger partial charge in [0.25, 0.3) is 0 Å². The van der Waals surface area contributed by atoms with E-state index in [9.17, 15) is 9.59 Å². The van der Waals surface area contributed by atoms with Crippen LogP contribution in [0.4, 0.5) is 0 Å². The number of ether oxygens (including phenoxy) is 2. The van der Waals surface area contributed by atoms with Crippen molar-refractivity contribution in [3.05, 3.63) is 35.5 Å². The third-order valence-electron chi connectivity index (χ3n) is 2.75. The number of aromatic amines is 1. The normalized spacial score (nSPS) is 10.3. The Morgan fingerprint density at radius 1 is 1.17 bits per heavy atom. The number of hydrogen-bond acceptors (Lipinski definition) is 4. The molecule has 1 N–H and O–H groups in total. The van der Waals surface area contributed by atoms with Gasteiger partial charge in [-0.3, -0.25) is 4.79 Å². The fourth-order valence-electron chi connectivity index (χ4n) is 1.88. The third kappa shape index (κ3) is 2.07. The van der Waals surface area contributed by atoms with Crippen LogP contribution in [0, 0.1) is 0 Å². The zero-order chi connectivity index (χ0) is 13.1. The molecule has 0 amide bonds. The van der Waals surface area contributed by atoms with E-state index in [1.807, 2.05) is 24.3 Å². The molecule has 94 valence electrons. The van der Waals surface area contributed by atoms with Crippen LogP contribution in [-0.4, -0.2) is 31.1 Å². The summed E-state index contributed by atoms with van der Waals surface area (Å²) in [6.07, 6.45) is 0.0327. The molecule has 1 aromatic heterocycles. The summed E-state index contributed by atoms with van der Waals surface area (Å²) < 4.78 is 9.34. The predicted octanol–water partition coefficient (Wildman–Crippen LogP) is 1.67. The fraction of sp³-hybridized carbons (Fsp3) is 0.231. The molecule has 0 atom stereocenters. The molecule has 0 saturated heterocycles. The van der Waals surface area contributed by atoms with Crippen molar-refractivity contribution in [1.29, 1.82) is 0 Å². The number of rotatable bonds is 3. The zero-order valence-electron chi connectivity index (χ0n) is 10.1. The standard InChI is InChI=1S/C13H13NO4/c1-17-11(15)7-9-8-5-3-4-6-10(8)14-12(9)13(16)18-2/h3-6,14H,7H2,1-2H3. The number of aromatic nitrogens is 1.